The van der Waals surface area contributed by atoms with Crippen LogP contribution in [0.25, 0.3) is 0 Å². The lowest BCUT2D eigenvalue weighted by Crippen LogP contribution is -2.45. The Hall–Kier alpha value is -2.33. The molecular weight excluding hydrogens is 348 g/mol. The lowest BCUT2D eigenvalue weighted by Gasteiger charge is -2.23. The Morgan fingerprint density at radius 3 is 2.50 bits per heavy atom. The maximum absolute atomic E-state index is 14.5. The van der Waals surface area contributed by atoms with E-state index in [4.69, 9.17) is 19.5 Å². The standard InChI is InChI=1S/C16H23BFNO7/c1-16(2,3)26-15(21)19-11(14(20)24-4)8-10-6-5-7-12(13(10)18)25-9-17(22)23/h5-7,11,22-23H,8-9H2,1-4H3,(H,19,21). The molecule has 10 heteroatoms. The van der Waals surface area contributed by atoms with Crippen LogP contribution in [0.5, 0.6) is 5.75 Å². The van der Waals surface area contributed by atoms with Gasteiger partial charge in [0.25, 0.3) is 0 Å². The second-order valence-corrected chi connectivity index (χ2v) is 6.45. The van der Waals surface area contributed by atoms with Gasteiger partial charge in [0.05, 0.1) is 7.11 Å². The zero-order chi connectivity index (χ0) is 19.9. The van der Waals surface area contributed by atoms with Crippen molar-refractivity contribution in [2.75, 3.05) is 13.6 Å². The third-order valence-corrected chi connectivity index (χ3v) is 3.03. The fraction of sp³-hybridized carbons (Fsp3) is 0.500. The summed E-state index contributed by atoms with van der Waals surface area (Å²) in [5, 5.41) is 19.9. The van der Waals surface area contributed by atoms with Gasteiger partial charge >= 0.3 is 19.2 Å². The van der Waals surface area contributed by atoms with E-state index in [-0.39, 0.29) is 17.7 Å². The Bertz CT molecular complexity index is 634. The number of benzene rings is 1. The summed E-state index contributed by atoms with van der Waals surface area (Å²) in [7, 11) is -0.611. The number of hydrogen-bond acceptors (Lipinski definition) is 7. The van der Waals surface area contributed by atoms with Crippen molar-refractivity contribution in [3.05, 3.63) is 29.6 Å². The molecule has 1 atom stereocenters. The van der Waals surface area contributed by atoms with E-state index in [9.17, 15) is 14.0 Å². The van der Waals surface area contributed by atoms with Crippen molar-refractivity contribution in [2.45, 2.75) is 38.8 Å². The molecule has 8 nitrogen and oxygen atoms in total. The average Bonchev–Trinajstić information content (AvgIpc) is 2.52. The van der Waals surface area contributed by atoms with Crippen LogP contribution in [0.4, 0.5) is 9.18 Å². The predicted octanol–water partition coefficient (Wildman–Crippen LogP) is 0.825. The highest BCUT2D eigenvalue weighted by atomic mass is 19.1. The van der Waals surface area contributed by atoms with Crippen LogP contribution >= 0.6 is 0 Å². The van der Waals surface area contributed by atoms with Crippen molar-refractivity contribution in [1.82, 2.24) is 5.32 Å². The summed E-state index contributed by atoms with van der Waals surface area (Å²) < 4.78 is 29.1. The SMILES string of the molecule is COC(=O)C(Cc1cccc(OCB(O)O)c1F)NC(=O)OC(C)(C)C. The quantitative estimate of drug-likeness (QED) is 0.480. The maximum Gasteiger partial charge on any atom is 0.491 e. The molecule has 0 bridgehead atoms. The van der Waals surface area contributed by atoms with E-state index in [1.54, 1.807) is 20.8 Å². The zero-order valence-electron chi connectivity index (χ0n) is 15.1. The Labute approximate surface area is 151 Å². The highest BCUT2D eigenvalue weighted by Crippen LogP contribution is 2.22. The highest BCUT2D eigenvalue weighted by molar-refractivity contribution is 6.40. The first-order valence-corrected chi connectivity index (χ1v) is 7.87. The lowest BCUT2D eigenvalue weighted by molar-refractivity contribution is -0.143. The molecule has 1 amide bonds. The Kier molecular flexibility index (Phi) is 7.85. The van der Waals surface area contributed by atoms with Crippen molar-refractivity contribution in [3.63, 3.8) is 0 Å². The van der Waals surface area contributed by atoms with E-state index in [0.717, 1.165) is 7.11 Å². The molecule has 3 N–H and O–H groups in total. The molecule has 0 aromatic heterocycles. The van der Waals surface area contributed by atoms with Crippen LogP contribution in [0.2, 0.25) is 0 Å². The molecule has 0 radical (unpaired) electrons. The minimum Gasteiger partial charge on any atom is -0.493 e. The third-order valence-electron chi connectivity index (χ3n) is 3.03. The van der Waals surface area contributed by atoms with Crippen molar-refractivity contribution in [1.29, 1.82) is 0 Å². The molecule has 0 aliphatic carbocycles. The number of carbonyl (C=O) groups is 2. The van der Waals surface area contributed by atoms with Gasteiger partial charge in [0.15, 0.2) is 11.6 Å². The first-order chi connectivity index (χ1) is 12.0. The van der Waals surface area contributed by atoms with Crippen LogP contribution in [0.15, 0.2) is 18.2 Å². The normalized spacial score (nSPS) is 12.1. The second-order valence-electron chi connectivity index (χ2n) is 6.45. The van der Waals surface area contributed by atoms with E-state index in [1.807, 2.05) is 0 Å². The smallest absolute Gasteiger partial charge is 0.491 e. The average molecular weight is 371 g/mol. The number of halogens is 1. The highest BCUT2D eigenvalue weighted by Gasteiger charge is 2.27. The summed E-state index contributed by atoms with van der Waals surface area (Å²) in [6.07, 6.45) is -1.06. The molecule has 1 aromatic rings. The number of rotatable bonds is 7. The number of hydrogen-bond donors (Lipinski definition) is 3. The molecule has 1 rings (SSSR count). The molecule has 26 heavy (non-hydrogen) atoms. The maximum atomic E-state index is 14.5. The summed E-state index contributed by atoms with van der Waals surface area (Å²) in [5.74, 6) is -1.77. The number of carbonyl (C=O) groups excluding carboxylic acids is 2. The van der Waals surface area contributed by atoms with Gasteiger partial charge < -0.3 is 29.6 Å². The predicted molar refractivity (Wildman–Crippen MR) is 91.0 cm³/mol. The largest absolute Gasteiger partial charge is 0.493 e. The van der Waals surface area contributed by atoms with Gasteiger partial charge in [0, 0.05) is 6.42 Å². The second kappa shape index (κ2) is 9.39. The Morgan fingerprint density at radius 2 is 1.96 bits per heavy atom. The minimum atomic E-state index is -1.75. The van der Waals surface area contributed by atoms with Gasteiger partial charge in [-0.2, -0.15) is 0 Å². The lowest BCUT2D eigenvalue weighted by atomic mass is 9.95. The van der Waals surface area contributed by atoms with E-state index in [2.05, 4.69) is 10.1 Å². The van der Waals surface area contributed by atoms with Gasteiger partial charge in [-0.15, -0.1) is 0 Å². The van der Waals surface area contributed by atoms with Crippen LogP contribution in [-0.4, -0.2) is 54.5 Å². The number of amides is 1. The topological polar surface area (TPSA) is 114 Å². The third kappa shape index (κ3) is 7.28. The summed E-state index contributed by atoms with van der Waals surface area (Å²) in [4.78, 5) is 23.8. The Balaban J connectivity index is 2.93. The van der Waals surface area contributed by atoms with Crippen LogP contribution in [0, 0.1) is 5.82 Å². The van der Waals surface area contributed by atoms with Crippen molar-refractivity contribution >= 4 is 19.2 Å². The van der Waals surface area contributed by atoms with Gasteiger partial charge in [-0.25, -0.2) is 14.0 Å². The van der Waals surface area contributed by atoms with E-state index in [1.165, 1.54) is 18.2 Å². The number of methoxy groups -OCH3 is 1. The number of esters is 1. The van der Waals surface area contributed by atoms with Crippen LogP contribution < -0.4 is 10.1 Å². The molecule has 0 spiro atoms. The molecule has 0 saturated carbocycles. The Morgan fingerprint density at radius 1 is 1.31 bits per heavy atom. The van der Waals surface area contributed by atoms with Crippen molar-refractivity contribution in [2.24, 2.45) is 0 Å². The summed E-state index contributed by atoms with van der Waals surface area (Å²) in [5.41, 5.74) is -0.698. The van der Waals surface area contributed by atoms with E-state index >= 15 is 0 Å². The van der Waals surface area contributed by atoms with Crippen molar-refractivity contribution in [3.8, 4) is 5.75 Å². The van der Waals surface area contributed by atoms with E-state index in [0.29, 0.717) is 0 Å². The molecule has 0 fully saturated rings. The van der Waals surface area contributed by atoms with Gasteiger partial charge in [-0.1, -0.05) is 12.1 Å². The number of nitrogens with one attached hydrogen (secondary N) is 1. The fourth-order valence-corrected chi connectivity index (χ4v) is 1.99. The molecular formula is C16H23BFNO7. The van der Waals surface area contributed by atoms with Crippen LogP contribution in [0.3, 0.4) is 0 Å². The molecule has 144 valence electrons. The van der Waals surface area contributed by atoms with Crippen molar-refractivity contribution < 1.29 is 38.2 Å². The summed E-state index contributed by atoms with van der Waals surface area (Å²) >= 11 is 0. The van der Waals surface area contributed by atoms with Gasteiger partial charge in [-0.3, -0.25) is 0 Å². The minimum absolute atomic E-state index is 0.0707. The summed E-state index contributed by atoms with van der Waals surface area (Å²) in [6.45, 7) is 4.47. The molecule has 0 heterocycles. The van der Waals surface area contributed by atoms with Crippen LogP contribution in [-0.2, 0) is 20.7 Å². The molecule has 0 saturated heterocycles. The first kappa shape index (κ1) is 21.7. The van der Waals surface area contributed by atoms with Gasteiger partial charge in [0.1, 0.15) is 18.1 Å². The molecule has 1 unspecified atom stereocenters. The molecule has 1 aromatic carbocycles. The van der Waals surface area contributed by atoms with Gasteiger partial charge in [0.2, 0.25) is 0 Å². The zero-order valence-corrected chi connectivity index (χ0v) is 15.1. The van der Waals surface area contributed by atoms with Crippen LogP contribution in [0.1, 0.15) is 26.3 Å². The molecule has 0 aliphatic rings. The fourth-order valence-electron chi connectivity index (χ4n) is 1.99. The summed E-state index contributed by atoms with van der Waals surface area (Å²) in [6, 6.07) is 3.00. The van der Waals surface area contributed by atoms with Gasteiger partial charge in [-0.05, 0) is 32.4 Å². The number of ether oxygens (including phenoxy) is 3. The number of alkyl carbamates (subject to hydrolysis) is 1. The monoisotopic (exact) mass is 371 g/mol. The molecule has 0 aliphatic heterocycles. The van der Waals surface area contributed by atoms with E-state index < -0.39 is 43.1 Å². The first-order valence-electron chi connectivity index (χ1n) is 7.87.